The van der Waals surface area contributed by atoms with E-state index in [0.717, 1.165) is 28.6 Å². The SMILES string of the molecule is CCNC(Cc1ccc(C)cc1Cl)c1cc(Cl)ccc1I. The molecule has 1 nitrogen and oxygen atoms in total. The zero-order chi connectivity index (χ0) is 15.4. The summed E-state index contributed by atoms with van der Waals surface area (Å²) in [6.07, 6.45) is 0.850. The molecule has 0 bridgehead atoms. The molecule has 0 aliphatic heterocycles. The molecule has 0 saturated carbocycles. The summed E-state index contributed by atoms with van der Waals surface area (Å²) in [5.74, 6) is 0. The molecule has 0 aromatic heterocycles. The van der Waals surface area contributed by atoms with Crippen LogP contribution in [0.3, 0.4) is 0 Å². The van der Waals surface area contributed by atoms with Crippen molar-refractivity contribution in [1.82, 2.24) is 5.32 Å². The predicted molar refractivity (Wildman–Crippen MR) is 100 cm³/mol. The van der Waals surface area contributed by atoms with Gasteiger partial charge in [0.1, 0.15) is 0 Å². The molecule has 2 aromatic carbocycles. The minimum Gasteiger partial charge on any atom is -0.310 e. The zero-order valence-corrected chi connectivity index (χ0v) is 15.8. The van der Waals surface area contributed by atoms with Crippen molar-refractivity contribution < 1.29 is 0 Å². The number of halogens is 3. The lowest BCUT2D eigenvalue weighted by Crippen LogP contribution is -2.24. The highest BCUT2D eigenvalue weighted by Gasteiger charge is 2.16. The Bertz CT molecular complexity index is 628. The fourth-order valence-corrected chi connectivity index (χ4v) is 3.56. The quantitative estimate of drug-likeness (QED) is 0.587. The second-order valence-electron chi connectivity index (χ2n) is 5.08. The molecule has 1 atom stereocenters. The molecular formula is C17H18Cl2IN. The van der Waals surface area contributed by atoms with E-state index in [-0.39, 0.29) is 6.04 Å². The Balaban J connectivity index is 2.32. The van der Waals surface area contributed by atoms with Crippen molar-refractivity contribution in [3.8, 4) is 0 Å². The highest BCUT2D eigenvalue weighted by molar-refractivity contribution is 14.1. The summed E-state index contributed by atoms with van der Waals surface area (Å²) in [6.45, 7) is 5.06. The summed E-state index contributed by atoms with van der Waals surface area (Å²) in [7, 11) is 0. The van der Waals surface area contributed by atoms with Gasteiger partial charge in [0.05, 0.1) is 0 Å². The lowest BCUT2D eigenvalue weighted by atomic mass is 9.98. The molecule has 0 spiro atoms. The average molecular weight is 434 g/mol. The first kappa shape index (κ1) is 17.1. The van der Waals surface area contributed by atoms with Gasteiger partial charge in [-0.2, -0.15) is 0 Å². The minimum atomic E-state index is 0.209. The maximum atomic E-state index is 6.38. The monoisotopic (exact) mass is 433 g/mol. The number of benzene rings is 2. The maximum Gasteiger partial charge on any atom is 0.0441 e. The minimum absolute atomic E-state index is 0.209. The Morgan fingerprint density at radius 2 is 1.90 bits per heavy atom. The molecule has 112 valence electrons. The van der Waals surface area contributed by atoms with E-state index in [1.54, 1.807) is 0 Å². The Hall–Kier alpha value is -0.290. The smallest absolute Gasteiger partial charge is 0.0441 e. The molecule has 0 aliphatic rings. The molecule has 1 N–H and O–H groups in total. The van der Waals surface area contributed by atoms with Crippen molar-refractivity contribution in [3.05, 3.63) is 66.7 Å². The summed E-state index contributed by atoms with van der Waals surface area (Å²) in [6, 6.07) is 12.5. The van der Waals surface area contributed by atoms with E-state index in [4.69, 9.17) is 23.2 Å². The summed E-state index contributed by atoms with van der Waals surface area (Å²) in [5.41, 5.74) is 3.56. The molecule has 0 radical (unpaired) electrons. The Labute approximate surface area is 150 Å². The van der Waals surface area contributed by atoms with Crippen LogP contribution in [0.2, 0.25) is 10.0 Å². The van der Waals surface area contributed by atoms with E-state index in [2.05, 4.69) is 60.0 Å². The second-order valence-corrected chi connectivity index (χ2v) is 7.08. The first-order valence-corrected chi connectivity index (χ1v) is 8.78. The van der Waals surface area contributed by atoms with Gasteiger partial charge in [-0.3, -0.25) is 0 Å². The van der Waals surface area contributed by atoms with Gasteiger partial charge in [0.15, 0.2) is 0 Å². The molecule has 21 heavy (non-hydrogen) atoms. The van der Waals surface area contributed by atoms with Crippen molar-refractivity contribution >= 4 is 45.8 Å². The van der Waals surface area contributed by atoms with Gasteiger partial charge in [-0.25, -0.2) is 0 Å². The number of nitrogens with one attached hydrogen (secondary N) is 1. The third kappa shape index (κ3) is 4.59. The van der Waals surface area contributed by atoms with Crippen molar-refractivity contribution in [2.24, 2.45) is 0 Å². The van der Waals surface area contributed by atoms with E-state index in [0.29, 0.717) is 0 Å². The van der Waals surface area contributed by atoms with Gasteiger partial charge in [-0.1, -0.05) is 42.3 Å². The number of aryl methyl sites for hydroxylation is 1. The van der Waals surface area contributed by atoms with Gasteiger partial charge in [-0.05, 0) is 83.4 Å². The molecular weight excluding hydrogens is 416 g/mol. The second kappa shape index (κ2) is 7.82. The predicted octanol–water partition coefficient (Wildman–Crippen LogP) is 5.80. The van der Waals surface area contributed by atoms with Crippen molar-refractivity contribution in [2.75, 3.05) is 6.54 Å². The van der Waals surface area contributed by atoms with Crippen LogP contribution < -0.4 is 5.32 Å². The van der Waals surface area contributed by atoms with Gasteiger partial charge in [0.2, 0.25) is 0 Å². The molecule has 1 unspecified atom stereocenters. The zero-order valence-electron chi connectivity index (χ0n) is 12.1. The Morgan fingerprint density at radius 1 is 1.14 bits per heavy atom. The third-order valence-electron chi connectivity index (χ3n) is 3.42. The van der Waals surface area contributed by atoms with Crippen LogP contribution in [0.25, 0.3) is 0 Å². The van der Waals surface area contributed by atoms with Crippen LogP contribution in [-0.2, 0) is 6.42 Å². The van der Waals surface area contributed by atoms with Gasteiger partial charge in [-0.15, -0.1) is 0 Å². The van der Waals surface area contributed by atoms with Crippen LogP contribution in [0.1, 0.15) is 29.7 Å². The molecule has 0 fully saturated rings. The highest BCUT2D eigenvalue weighted by atomic mass is 127. The van der Waals surface area contributed by atoms with Crippen LogP contribution in [0.15, 0.2) is 36.4 Å². The van der Waals surface area contributed by atoms with Gasteiger partial charge >= 0.3 is 0 Å². The van der Waals surface area contributed by atoms with Gasteiger partial charge in [0, 0.05) is 19.7 Å². The standard InChI is InChI=1S/C17H18Cl2IN/c1-3-21-17(14-10-13(18)6-7-16(14)20)9-12-5-4-11(2)8-15(12)19/h4-8,10,17,21H,3,9H2,1-2H3. The number of likely N-dealkylation sites (N-methyl/N-ethyl adjacent to an activating group) is 1. The summed E-state index contributed by atoms with van der Waals surface area (Å²) >= 11 is 14.9. The number of hydrogen-bond acceptors (Lipinski definition) is 1. The van der Waals surface area contributed by atoms with E-state index < -0.39 is 0 Å². The van der Waals surface area contributed by atoms with Crippen LogP contribution in [0, 0.1) is 10.5 Å². The lowest BCUT2D eigenvalue weighted by molar-refractivity contribution is 0.548. The summed E-state index contributed by atoms with van der Waals surface area (Å²) in [4.78, 5) is 0. The van der Waals surface area contributed by atoms with Gasteiger partial charge < -0.3 is 5.32 Å². The first-order chi connectivity index (χ1) is 10.0. The molecule has 2 aromatic rings. The first-order valence-electron chi connectivity index (χ1n) is 6.94. The molecule has 0 heterocycles. The van der Waals surface area contributed by atoms with Gasteiger partial charge in [0.25, 0.3) is 0 Å². The molecule has 0 amide bonds. The Morgan fingerprint density at radius 3 is 2.57 bits per heavy atom. The van der Waals surface area contributed by atoms with Crippen LogP contribution >= 0.6 is 45.8 Å². The molecule has 2 rings (SSSR count). The molecule has 4 heteroatoms. The lowest BCUT2D eigenvalue weighted by Gasteiger charge is -2.21. The molecule has 0 saturated heterocycles. The fraction of sp³-hybridized carbons (Fsp3) is 0.294. The largest absolute Gasteiger partial charge is 0.310 e. The normalized spacial score (nSPS) is 12.4. The fourth-order valence-electron chi connectivity index (χ4n) is 2.36. The van der Waals surface area contributed by atoms with E-state index in [9.17, 15) is 0 Å². The van der Waals surface area contributed by atoms with Crippen molar-refractivity contribution in [1.29, 1.82) is 0 Å². The van der Waals surface area contributed by atoms with Crippen LogP contribution in [-0.4, -0.2) is 6.54 Å². The summed E-state index contributed by atoms with van der Waals surface area (Å²) < 4.78 is 1.21. The van der Waals surface area contributed by atoms with E-state index >= 15 is 0 Å². The maximum absolute atomic E-state index is 6.38. The third-order valence-corrected chi connectivity index (χ3v) is 4.99. The average Bonchev–Trinajstić information content (AvgIpc) is 2.44. The van der Waals surface area contributed by atoms with Crippen LogP contribution in [0.4, 0.5) is 0 Å². The van der Waals surface area contributed by atoms with Crippen molar-refractivity contribution in [3.63, 3.8) is 0 Å². The molecule has 0 aliphatic carbocycles. The number of rotatable bonds is 5. The number of hydrogen-bond donors (Lipinski definition) is 1. The summed E-state index contributed by atoms with van der Waals surface area (Å²) in [5, 5.41) is 5.13. The Kier molecular flexibility index (Phi) is 6.35. The van der Waals surface area contributed by atoms with E-state index in [1.807, 2.05) is 18.2 Å². The van der Waals surface area contributed by atoms with Crippen LogP contribution in [0.5, 0.6) is 0 Å². The highest BCUT2D eigenvalue weighted by Crippen LogP contribution is 2.29. The topological polar surface area (TPSA) is 12.0 Å². The van der Waals surface area contributed by atoms with Crippen molar-refractivity contribution in [2.45, 2.75) is 26.3 Å². The van der Waals surface area contributed by atoms with E-state index in [1.165, 1.54) is 14.7 Å².